The molecule has 1 fully saturated rings. The fourth-order valence-corrected chi connectivity index (χ4v) is 5.22. The van der Waals surface area contributed by atoms with E-state index in [9.17, 15) is 13.2 Å². The van der Waals surface area contributed by atoms with E-state index in [-0.39, 0.29) is 5.91 Å². The molecule has 5 nitrogen and oxygen atoms in total. The lowest BCUT2D eigenvalue weighted by molar-refractivity contribution is -0.129. The molecule has 2 rings (SSSR count). The molecule has 1 heterocycles. The van der Waals surface area contributed by atoms with Gasteiger partial charge >= 0.3 is 0 Å². The number of piperazine rings is 1. The van der Waals surface area contributed by atoms with Gasteiger partial charge in [0.1, 0.15) is 0 Å². The Kier molecular flexibility index (Phi) is 6.71. The molecule has 1 amide bonds. The summed E-state index contributed by atoms with van der Waals surface area (Å²) < 4.78 is 27.2. The predicted octanol–water partition coefficient (Wildman–Crippen LogP) is 2.28. The molecule has 0 aromatic heterocycles. The van der Waals surface area contributed by atoms with Crippen LogP contribution in [0.2, 0.25) is 0 Å². The van der Waals surface area contributed by atoms with Gasteiger partial charge in [0.15, 0.2) is 0 Å². The Labute approximate surface area is 149 Å². The summed E-state index contributed by atoms with van der Waals surface area (Å²) in [5, 5.41) is 0. The van der Waals surface area contributed by atoms with Crippen molar-refractivity contribution in [2.75, 3.05) is 37.7 Å². The third kappa shape index (κ3) is 4.52. The molecule has 0 aliphatic carbocycles. The number of amides is 1. The summed E-state index contributed by atoms with van der Waals surface area (Å²) in [5.41, 5.74) is 1.69. The quantitative estimate of drug-likeness (QED) is 0.721. The number of carbonyl (C=O) groups excluding carboxylic acids is 1. The molecule has 0 N–H and O–H groups in total. The van der Waals surface area contributed by atoms with Crippen LogP contribution < -0.4 is 0 Å². The number of rotatable bonds is 6. The molecule has 7 heteroatoms. The molecule has 24 heavy (non-hydrogen) atoms. The van der Waals surface area contributed by atoms with E-state index in [2.05, 4.69) is 6.92 Å². The van der Waals surface area contributed by atoms with E-state index in [1.165, 1.54) is 4.31 Å². The number of benzene rings is 1. The second-order valence-electron chi connectivity index (χ2n) is 6.11. The SMILES string of the molecule is CCCSCC(=O)N1CCN(S(=O)(=O)c2cc(C)ccc2C)CC1. The standard InChI is InChI=1S/C17H26N2O3S2/c1-4-11-23-13-17(20)18-7-9-19(10-8-18)24(21,22)16-12-14(2)5-6-15(16)3/h5-6,12H,4,7-11,13H2,1-3H3. The van der Waals surface area contributed by atoms with Crippen molar-refractivity contribution in [1.29, 1.82) is 0 Å². The lowest BCUT2D eigenvalue weighted by Crippen LogP contribution is -2.51. The van der Waals surface area contributed by atoms with Crippen LogP contribution in [0.5, 0.6) is 0 Å². The summed E-state index contributed by atoms with van der Waals surface area (Å²) in [6.07, 6.45) is 1.06. The van der Waals surface area contributed by atoms with Crippen LogP contribution in [0.4, 0.5) is 0 Å². The highest BCUT2D eigenvalue weighted by Crippen LogP contribution is 2.22. The number of hydrogen-bond acceptors (Lipinski definition) is 4. The molecular weight excluding hydrogens is 344 g/mol. The van der Waals surface area contributed by atoms with Gasteiger partial charge in [-0.15, -0.1) is 0 Å². The molecule has 0 spiro atoms. The molecule has 1 aliphatic heterocycles. The molecule has 1 aromatic carbocycles. The van der Waals surface area contributed by atoms with Gasteiger partial charge in [-0.05, 0) is 43.2 Å². The van der Waals surface area contributed by atoms with Gasteiger partial charge in [-0.1, -0.05) is 19.1 Å². The van der Waals surface area contributed by atoms with Crippen molar-refractivity contribution in [2.24, 2.45) is 0 Å². The van der Waals surface area contributed by atoms with Crippen LogP contribution in [-0.2, 0) is 14.8 Å². The third-order valence-corrected chi connectivity index (χ3v) is 7.32. The molecule has 0 unspecified atom stereocenters. The van der Waals surface area contributed by atoms with E-state index >= 15 is 0 Å². The number of carbonyl (C=O) groups is 1. The van der Waals surface area contributed by atoms with E-state index in [1.807, 2.05) is 26.0 Å². The number of nitrogens with zero attached hydrogens (tertiary/aromatic N) is 2. The third-order valence-electron chi connectivity index (χ3n) is 4.13. The Hall–Kier alpha value is -1.05. The maximum Gasteiger partial charge on any atom is 0.243 e. The fraction of sp³-hybridized carbons (Fsp3) is 0.588. The first-order chi connectivity index (χ1) is 11.4. The summed E-state index contributed by atoms with van der Waals surface area (Å²) in [5.74, 6) is 1.57. The molecule has 0 bridgehead atoms. The molecule has 1 saturated heterocycles. The average Bonchev–Trinajstić information content (AvgIpc) is 2.57. The van der Waals surface area contributed by atoms with Crippen LogP contribution >= 0.6 is 11.8 Å². The largest absolute Gasteiger partial charge is 0.339 e. The first-order valence-corrected chi connectivity index (χ1v) is 10.9. The molecule has 0 saturated carbocycles. The molecular formula is C17H26N2O3S2. The van der Waals surface area contributed by atoms with Crippen LogP contribution in [0.15, 0.2) is 23.1 Å². The second kappa shape index (κ2) is 8.36. The van der Waals surface area contributed by atoms with Crippen molar-refractivity contribution in [3.05, 3.63) is 29.3 Å². The van der Waals surface area contributed by atoms with E-state index in [1.54, 1.807) is 22.7 Å². The summed E-state index contributed by atoms with van der Waals surface area (Å²) in [6.45, 7) is 7.46. The number of thioether (sulfide) groups is 1. The first kappa shape index (κ1) is 19.3. The minimum Gasteiger partial charge on any atom is -0.339 e. The topological polar surface area (TPSA) is 57.7 Å². The summed E-state index contributed by atoms with van der Waals surface area (Å²) in [4.78, 5) is 14.3. The smallest absolute Gasteiger partial charge is 0.243 e. The van der Waals surface area contributed by atoms with Gasteiger partial charge < -0.3 is 4.90 Å². The van der Waals surface area contributed by atoms with E-state index in [0.29, 0.717) is 36.8 Å². The zero-order chi connectivity index (χ0) is 17.7. The number of hydrogen-bond donors (Lipinski definition) is 0. The van der Waals surface area contributed by atoms with E-state index in [4.69, 9.17) is 0 Å². The average molecular weight is 371 g/mol. The second-order valence-corrected chi connectivity index (χ2v) is 9.12. The van der Waals surface area contributed by atoms with E-state index in [0.717, 1.165) is 23.3 Å². The van der Waals surface area contributed by atoms with Gasteiger partial charge in [0.2, 0.25) is 15.9 Å². The molecule has 0 atom stereocenters. The number of aryl methyl sites for hydroxylation is 2. The lowest BCUT2D eigenvalue weighted by Gasteiger charge is -2.34. The Bertz CT molecular complexity index is 681. The van der Waals surface area contributed by atoms with Crippen molar-refractivity contribution in [3.8, 4) is 0 Å². The Balaban J connectivity index is 2.01. The van der Waals surface area contributed by atoms with Gasteiger partial charge in [0, 0.05) is 26.2 Å². The minimum absolute atomic E-state index is 0.109. The highest BCUT2D eigenvalue weighted by molar-refractivity contribution is 7.99. The number of sulfonamides is 1. The highest BCUT2D eigenvalue weighted by atomic mass is 32.2. The van der Waals surface area contributed by atoms with Crippen molar-refractivity contribution in [3.63, 3.8) is 0 Å². The lowest BCUT2D eigenvalue weighted by atomic mass is 10.2. The minimum atomic E-state index is -3.50. The van der Waals surface area contributed by atoms with Gasteiger partial charge in [0.05, 0.1) is 10.6 Å². The monoisotopic (exact) mass is 370 g/mol. The maximum absolute atomic E-state index is 12.9. The zero-order valence-corrected chi connectivity index (χ0v) is 16.3. The van der Waals surface area contributed by atoms with Crippen LogP contribution in [-0.4, -0.2) is 61.2 Å². The molecule has 0 radical (unpaired) electrons. The normalized spacial score (nSPS) is 16.4. The van der Waals surface area contributed by atoms with Crippen LogP contribution in [0.3, 0.4) is 0 Å². The van der Waals surface area contributed by atoms with Gasteiger partial charge in [-0.25, -0.2) is 8.42 Å². The van der Waals surface area contributed by atoms with E-state index < -0.39 is 10.0 Å². The summed E-state index contributed by atoms with van der Waals surface area (Å²) in [6, 6.07) is 5.48. The van der Waals surface area contributed by atoms with Gasteiger partial charge in [0.25, 0.3) is 0 Å². The zero-order valence-electron chi connectivity index (χ0n) is 14.6. The Morgan fingerprint density at radius 2 is 1.83 bits per heavy atom. The van der Waals surface area contributed by atoms with Gasteiger partial charge in [-0.2, -0.15) is 16.1 Å². The van der Waals surface area contributed by atoms with Crippen molar-refractivity contribution in [1.82, 2.24) is 9.21 Å². The fourth-order valence-electron chi connectivity index (χ4n) is 2.70. The van der Waals surface area contributed by atoms with Gasteiger partial charge in [-0.3, -0.25) is 4.79 Å². The summed E-state index contributed by atoms with van der Waals surface area (Å²) in [7, 11) is -3.50. The van der Waals surface area contributed by atoms with Crippen LogP contribution in [0.1, 0.15) is 24.5 Å². The Morgan fingerprint density at radius 3 is 2.46 bits per heavy atom. The van der Waals surface area contributed by atoms with Crippen molar-refractivity contribution < 1.29 is 13.2 Å². The Morgan fingerprint density at radius 1 is 1.17 bits per heavy atom. The highest BCUT2D eigenvalue weighted by Gasteiger charge is 2.30. The van der Waals surface area contributed by atoms with Crippen molar-refractivity contribution >= 4 is 27.7 Å². The molecule has 134 valence electrons. The maximum atomic E-state index is 12.9. The van der Waals surface area contributed by atoms with Crippen LogP contribution in [0, 0.1) is 13.8 Å². The van der Waals surface area contributed by atoms with Crippen molar-refractivity contribution in [2.45, 2.75) is 32.1 Å². The molecule has 1 aliphatic rings. The van der Waals surface area contributed by atoms with Crippen LogP contribution in [0.25, 0.3) is 0 Å². The molecule has 1 aromatic rings. The first-order valence-electron chi connectivity index (χ1n) is 8.29. The summed E-state index contributed by atoms with van der Waals surface area (Å²) >= 11 is 1.64. The predicted molar refractivity (Wildman–Crippen MR) is 98.9 cm³/mol.